The van der Waals surface area contributed by atoms with E-state index in [1.165, 1.54) is 6.92 Å². The maximum atomic E-state index is 10.7. The smallest absolute Gasteiger partial charge is 0.451 e. The molecule has 0 amide bonds. The fraction of sp³-hybridized carbons (Fsp3) is 0.875. The Labute approximate surface area is 84.1 Å². The summed E-state index contributed by atoms with van der Waals surface area (Å²) in [5.41, 5.74) is 4.31. The highest BCUT2D eigenvalue weighted by atomic mass is 16.4. The van der Waals surface area contributed by atoms with E-state index < -0.39 is 18.6 Å². The molecule has 0 fully saturated rings. The summed E-state index contributed by atoms with van der Waals surface area (Å²) in [4.78, 5) is 10.7. The summed E-state index contributed by atoms with van der Waals surface area (Å²) < 4.78 is 0. The van der Waals surface area contributed by atoms with Crippen molar-refractivity contribution in [2.24, 2.45) is 11.7 Å². The molecule has 0 heterocycles. The van der Waals surface area contributed by atoms with Crippen molar-refractivity contribution in [3.05, 3.63) is 0 Å². The van der Waals surface area contributed by atoms with Gasteiger partial charge < -0.3 is 20.9 Å². The Balaban J connectivity index is 3.93. The van der Waals surface area contributed by atoms with Crippen LogP contribution >= 0.6 is 0 Å². The van der Waals surface area contributed by atoms with Gasteiger partial charge in [-0.25, -0.2) is 0 Å². The monoisotopic (exact) mass is 203 g/mol. The van der Waals surface area contributed by atoms with Gasteiger partial charge >= 0.3 is 13.1 Å². The lowest BCUT2D eigenvalue weighted by Gasteiger charge is -2.23. The molecule has 0 radical (unpaired) electrons. The lowest BCUT2D eigenvalue weighted by molar-refractivity contribution is -0.143. The Bertz CT molecular complexity index is 196. The lowest BCUT2D eigenvalue weighted by Crippen LogP contribution is -2.46. The summed E-state index contributed by atoms with van der Waals surface area (Å²) >= 11 is 0. The summed E-state index contributed by atoms with van der Waals surface area (Å²) in [5.74, 6) is -0.975. The fourth-order valence-electron chi connectivity index (χ4n) is 1.35. The minimum Gasteiger partial charge on any atom is -0.480 e. The van der Waals surface area contributed by atoms with Crippen LogP contribution in [0.2, 0.25) is 6.32 Å². The fourth-order valence-corrected chi connectivity index (χ4v) is 1.35. The Morgan fingerprint density at radius 1 is 1.57 bits per heavy atom. The van der Waals surface area contributed by atoms with E-state index in [1.54, 1.807) is 0 Å². The van der Waals surface area contributed by atoms with Crippen LogP contribution in [-0.4, -0.2) is 33.8 Å². The third-order valence-electron chi connectivity index (χ3n) is 2.18. The van der Waals surface area contributed by atoms with E-state index in [9.17, 15) is 4.79 Å². The molecule has 6 heteroatoms. The van der Waals surface area contributed by atoms with Gasteiger partial charge in [-0.05, 0) is 25.6 Å². The lowest BCUT2D eigenvalue weighted by atomic mass is 9.78. The molecular formula is C8H18BNO4. The quantitative estimate of drug-likeness (QED) is 0.443. The number of hydrogen-bond donors (Lipinski definition) is 4. The summed E-state index contributed by atoms with van der Waals surface area (Å²) in [6, 6.07) is 0. The predicted molar refractivity (Wildman–Crippen MR) is 53.6 cm³/mol. The largest absolute Gasteiger partial charge is 0.480 e. The van der Waals surface area contributed by atoms with Gasteiger partial charge in [-0.3, -0.25) is 4.79 Å². The van der Waals surface area contributed by atoms with Gasteiger partial charge in [0.05, 0.1) is 0 Å². The highest BCUT2D eigenvalue weighted by molar-refractivity contribution is 6.40. The van der Waals surface area contributed by atoms with Crippen LogP contribution < -0.4 is 5.73 Å². The standard InChI is InChI=1S/C8H18BNO4/c1-6(3-4-9(13)14)5-8(2,10)7(11)12/h6,13-14H,3-5,10H2,1-2H3,(H,11,12). The van der Waals surface area contributed by atoms with Gasteiger partial charge in [-0.1, -0.05) is 13.3 Å². The summed E-state index contributed by atoms with van der Waals surface area (Å²) in [6.45, 7) is 3.30. The van der Waals surface area contributed by atoms with Gasteiger partial charge in [0.25, 0.3) is 0 Å². The summed E-state index contributed by atoms with van der Waals surface area (Å²) in [5, 5.41) is 26.0. The number of carbonyl (C=O) groups is 1. The zero-order chi connectivity index (χ0) is 11.4. The molecule has 0 aliphatic rings. The van der Waals surface area contributed by atoms with E-state index >= 15 is 0 Å². The Hall–Kier alpha value is -0.585. The normalized spacial score (nSPS) is 17.2. The average molecular weight is 203 g/mol. The van der Waals surface area contributed by atoms with Gasteiger partial charge in [-0.15, -0.1) is 0 Å². The third kappa shape index (κ3) is 5.21. The SMILES string of the molecule is CC(CCB(O)O)CC(C)(N)C(=O)O. The maximum Gasteiger partial charge on any atom is 0.451 e. The number of rotatable bonds is 6. The molecule has 0 aliphatic heterocycles. The molecule has 0 aliphatic carbocycles. The van der Waals surface area contributed by atoms with E-state index in [0.29, 0.717) is 12.8 Å². The number of carboxylic acid groups (broad SMARTS) is 1. The molecule has 5 nitrogen and oxygen atoms in total. The van der Waals surface area contributed by atoms with Crippen LogP contribution in [0, 0.1) is 5.92 Å². The van der Waals surface area contributed by atoms with E-state index in [0.717, 1.165) is 0 Å². The van der Waals surface area contributed by atoms with Gasteiger partial charge in [0.1, 0.15) is 5.54 Å². The van der Waals surface area contributed by atoms with Crippen molar-refractivity contribution in [3.63, 3.8) is 0 Å². The third-order valence-corrected chi connectivity index (χ3v) is 2.18. The molecule has 0 rings (SSSR count). The van der Waals surface area contributed by atoms with E-state index in [1.807, 2.05) is 6.92 Å². The minimum atomic E-state index is -1.33. The van der Waals surface area contributed by atoms with Crippen molar-refractivity contribution in [1.29, 1.82) is 0 Å². The van der Waals surface area contributed by atoms with Crippen molar-refractivity contribution in [2.45, 2.75) is 38.5 Å². The minimum absolute atomic E-state index is 0.0582. The molecule has 0 aromatic heterocycles. The van der Waals surface area contributed by atoms with Crippen molar-refractivity contribution in [1.82, 2.24) is 0 Å². The van der Waals surface area contributed by atoms with E-state index in [-0.39, 0.29) is 12.2 Å². The average Bonchev–Trinajstić information content (AvgIpc) is 1.99. The van der Waals surface area contributed by atoms with E-state index in [4.69, 9.17) is 20.9 Å². The highest BCUT2D eigenvalue weighted by Crippen LogP contribution is 2.19. The van der Waals surface area contributed by atoms with Crippen molar-refractivity contribution in [2.75, 3.05) is 0 Å². The van der Waals surface area contributed by atoms with Crippen LogP contribution in [0.15, 0.2) is 0 Å². The van der Waals surface area contributed by atoms with Gasteiger partial charge in [0.2, 0.25) is 0 Å². The molecule has 0 aromatic rings. The van der Waals surface area contributed by atoms with Crippen molar-refractivity contribution >= 4 is 13.1 Å². The number of aliphatic carboxylic acids is 1. The summed E-state index contributed by atoms with van der Waals surface area (Å²) in [7, 11) is -1.33. The first-order valence-corrected chi connectivity index (χ1v) is 4.64. The highest BCUT2D eigenvalue weighted by Gasteiger charge is 2.29. The van der Waals surface area contributed by atoms with Crippen LogP contribution in [0.25, 0.3) is 0 Å². The van der Waals surface area contributed by atoms with Crippen LogP contribution in [0.3, 0.4) is 0 Å². The molecule has 14 heavy (non-hydrogen) atoms. The second kappa shape index (κ2) is 5.33. The molecule has 0 aromatic carbocycles. The number of hydrogen-bond acceptors (Lipinski definition) is 4. The van der Waals surface area contributed by atoms with Crippen LogP contribution in [0.4, 0.5) is 0 Å². The second-order valence-corrected chi connectivity index (χ2v) is 4.09. The topological polar surface area (TPSA) is 104 Å². The molecule has 0 saturated carbocycles. The Morgan fingerprint density at radius 3 is 2.43 bits per heavy atom. The first kappa shape index (κ1) is 13.4. The number of carboxylic acids is 1. The van der Waals surface area contributed by atoms with Crippen LogP contribution in [-0.2, 0) is 4.79 Å². The van der Waals surface area contributed by atoms with Crippen LogP contribution in [0.5, 0.6) is 0 Å². The number of nitrogens with two attached hydrogens (primary N) is 1. The molecule has 2 atom stereocenters. The van der Waals surface area contributed by atoms with E-state index in [2.05, 4.69) is 0 Å². The molecule has 0 saturated heterocycles. The van der Waals surface area contributed by atoms with Gasteiger partial charge in [-0.2, -0.15) is 0 Å². The maximum absolute atomic E-state index is 10.7. The first-order valence-electron chi connectivity index (χ1n) is 4.64. The molecule has 0 spiro atoms. The summed E-state index contributed by atoms with van der Waals surface area (Å²) in [6.07, 6.45) is 1.13. The Kier molecular flexibility index (Phi) is 5.11. The van der Waals surface area contributed by atoms with Gasteiger partial charge in [0.15, 0.2) is 0 Å². The molecule has 2 unspecified atom stereocenters. The zero-order valence-electron chi connectivity index (χ0n) is 8.60. The zero-order valence-corrected chi connectivity index (χ0v) is 8.60. The van der Waals surface area contributed by atoms with Gasteiger partial charge in [0, 0.05) is 0 Å². The Morgan fingerprint density at radius 2 is 2.07 bits per heavy atom. The predicted octanol–water partition coefficient (Wildman–Crippen LogP) is -0.323. The van der Waals surface area contributed by atoms with Crippen LogP contribution in [0.1, 0.15) is 26.7 Å². The molecule has 82 valence electrons. The second-order valence-electron chi connectivity index (χ2n) is 4.09. The molecular weight excluding hydrogens is 185 g/mol. The van der Waals surface area contributed by atoms with Crippen molar-refractivity contribution in [3.8, 4) is 0 Å². The first-order chi connectivity index (χ1) is 6.25. The van der Waals surface area contributed by atoms with Crippen molar-refractivity contribution < 1.29 is 19.9 Å². The molecule has 5 N–H and O–H groups in total. The molecule has 0 bridgehead atoms.